The van der Waals surface area contributed by atoms with Gasteiger partial charge in [-0.2, -0.15) is 0 Å². The normalized spacial score (nSPS) is 5.64. The molecule has 0 heterocycles. The van der Waals surface area contributed by atoms with Crippen molar-refractivity contribution in [3.05, 3.63) is 0 Å². The molecule has 0 bridgehead atoms. The van der Waals surface area contributed by atoms with Crippen LogP contribution in [0.4, 0.5) is 0 Å². The Morgan fingerprint density at radius 2 is 1.45 bits per heavy atom. The second kappa shape index (κ2) is 6.28. The summed E-state index contributed by atoms with van der Waals surface area (Å²) in [5.74, 6) is 15.3. The maximum atomic E-state index is 8.20. The molecule has 11 heavy (non-hydrogen) atoms. The first kappa shape index (κ1) is 9.16. The van der Waals surface area contributed by atoms with E-state index in [1.54, 1.807) is 0 Å². The maximum absolute atomic E-state index is 8.20. The standard InChI is InChI=1S/C9H4O2/c1-2-3-4-5-6-7-8-9(10)11/h1,9-11H. The van der Waals surface area contributed by atoms with E-state index < -0.39 is 6.29 Å². The number of aliphatic hydroxyl groups excluding tert-OH is 1. The summed E-state index contributed by atoms with van der Waals surface area (Å²) in [6, 6.07) is 0. The topological polar surface area (TPSA) is 40.5 Å². The molecule has 0 radical (unpaired) electrons. The van der Waals surface area contributed by atoms with Crippen LogP contribution in [0, 0.1) is 47.9 Å². The van der Waals surface area contributed by atoms with E-state index in [0.717, 1.165) is 0 Å². The van der Waals surface area contributed by atoms with E-state index in [0.29, 0.717) is 0 Å². The second-order valence-electron chi connectivity index (χ2n) is 1.29. The second-order valence-corrected chi connectivity index (χ2v) is 1.29. The maximum Gasteiger partial charge on any atom is 0.218 e. The van der Waals surface area contributed by atoms with Crippen LogP contribution in [0.25, 0.3) is 0 Å². The Bertz CT molecular complexity index is 325. The van der Waals surface area contributed by atoms with E-state index in [2.05, 4.69) is 35.5 Å². The molecule has 2 N–H and O–H groups in total. The molecule has 0 aromatic heterocycles. The molecule has 0 aliphatic rings. The molecule has 0 aromatic carbocycles. The van der Waals surface area contributed by atoms with Crippen LogP contribution in [0.2, 0.25) is 0 Å². The van der Waals surface area contributed by atoms with Crippen molar-refractivity contribution in [1.29, 1.82) is 0 Å². The lowest BCUT2D eigenvalue weighted by atomic mass is 10.5. The highest BCUT2D eigenvalue weighted by Gasteiger charge is 1.80. The first-order chi connectivity index (χ1) is 5.27. The van der Waals surface area contributed by atoms with Gasteiger partial charge in [0, 0.05) is 0 Å². The predicted octanol–water partition coefficient (Wildman–Crippen LogP) is -1.06. The van der Waals surface area contributed by atoms with Crippen molar-refractivity contribution in [3.8, 4) is 47.9 Å². The van der Waals surface area contributed by atoms with Crippen molar-refractivity contribution in [2.24, 2.45) is 0 Å². The van der Waals surface area contributed by atoms with Gasteiger partial charge in [0.05, 0.1) is 0 Å². The summed E-state index contributed by atoms with van der Waals surface area (Å²) in [4.78, 5) is 0. The minimum Gasteiger partial charge on any atom is -0.358 e. The molecular weight excluding hydrogens is 140 g/mol. The zero-order valence-electron chi connectivity index (χ0n) is 5.55. The molecule has 52 valence electrons. The predicted molar refractivity (Wildman–Crippen MR) is 40.4 cm³/mol. The third-order valence-corrected chi connectivity index (χ3v) is 0.523. The molecule has 2 nitrogen and oxygen atoms in total. The molecule has 0 fully saturated rings. The Hall–Kier alpha value is -1.84. The summed E-state index contributed by atoms with van der Waals surface area (Å²) in [6.07, 6.45) is 3.14. The van der Waals surface area contributed by atoms with E-state index in [4.69, 9.17) is 16.6 Å². The van der Waals surface area contributed by atoms with Crippen molar-refractivity contribution < 1.29 is 10.2 Å². The molecule has 0 aromatic rings. The molecule has 0 aliphatic carbocycles. The summed E-state index contributed by atoms with van der Waals surface area (Å²) >= 11 is 0. The van der Waals surface area contributed by atoms with Crippen molar-refractivity contribution in [2.45, 2.75) is 6.29 Å². The fraction of sp³-hybridized carbons (Fsp3) is 0.111. The van der Waals surface area contributed by atoms with Gasteiger partial charge in [0.1, 0.15) is 0 Å². The monoisotopic (exact) mass is 144 g/mol. The van der Waals surface area contributed by atoms with E-state index >= 15 is 0 Å². The van der Waals surface area contributed by atoms with Gasteiger partial charge < -0.3 is 10.2 Å². The van der Waals surface area contributed by atoms with Gasteiger partial charge in [0.25, 0.3) is 0 Å². The van der Waals surface area contributed by atoms with Crippen molar-refractivity contribution in [3.63, 3.8) is 0 Å². The Labute approximate surface area is 65.2 Å². The lowest BCUT2D eigenvalue weighted by Crippen LogP contribution is -1.97. The van der Waals surface area contributed by atoms with Crippen LogP contribution in [0.15, 0.2) is 0 Å². The summed E-state index contributed by atoms with van der Waals surface area (Å²) in [6.45, 7) is 0. The van der Waals surface area contributed by atoms with Crippen LogP contribution in [-0.4, -0.2) is 16.5 Å². The number of terminal acetylenes is 1. The van der Waals surface area contributed by atoms with Crippen LogP contribution >= 0.6 is 0 Å². The van der Waals surface area contributed by atoms with Gasteiger partial charge in [-0.25, -0.2) is 0 Å². The quantitative estimate of drug-likeness (QED) is 0.336. The third kappa shape index (κ3) is 8.16. The minimum atomic E-state index is -1.65. The lowest BCUT2D eigenvalue weighted by Gasteiger charge is -1.82. The first-order valence-electron chi connectivity index (χ1n) is 2.59. The Balaban J connectivity index is 3.97. The number of hydrogen-bond donors (Lipinski definition) is 2. The average molecular weight is 144 g/mol. The number of aliphatic hydroxyl groups is 2. The van der Waals surface area contributed by atoms with Crippen molar-refractivity contribution in [1.82, 2.24) is 0 Å². The molecule has 0 aliphatic heterocycles. The lowest BCUT2D eigenvalue weighted by molar-refractivity contribution is 0.0108. The van der Waals surface area contributed by atoms with Crippen LogP contribution in [0.3, 0.4) is 0 Å². The zero-order chi connectivity index (χ0) is 8.53. The van der Waals surface area contributed by atoms with Crippen LogP contribution in [-0.2, 0) is 0 Å². The van der Waals surface area contributed by atoms with Crippen LogP contribution in [0.5, 0.6) is 0 Å². The van der Waals surface area contributed by atoms with Gasteiger partial charge >= 0.3 is 0 Å². The molecule has 0 atom stereocenters. The number of hydrogen-bond acceptors (Lipinski definition) is 2. The molecule has 0 unspecified atom stereocenters. The Morgan fingerprint density at radius 1 is 0.909 bits per heavy atom. The summed E-state index contributed by atoms with van der Waals surface area (Å²) in [5.41, 5.74) is 0. The molecule has 0 amide bonds. The molecule has 0 saturated heterocycles. The first-order valence-corrected chi connectivity index (χ1v) is 2.59. The van der Waals surface area contributed by atoms with Crippen molar-refractivity contribution in [2.75, 3.05) is 0 Å². The van der Waals surface area contributed by atoms with Gasteiger partial charge in [0.15, 0.2) is 0 Å². The number of rotatable bonds is 0. The van der Waals surface area contributed by atoms with Gasteiger partial charge in [-0.05, 0) is 41.4 Å². The summed E-state index contributed by atoms with van der Waals surface area (Å²) < 4.78 is 0. The smallest absolute Gasteiger partial charge is 0.218 e. The zero-order valence-corrected chi connectivity index (χ0v) is 5.55. The van der Waals surface area contributed by atoms with Crippen molar-refractivity contribution >= 4 is 0 Å². The molecule has 0 saturated carbocycles. The van der Waals surface area contributed by atoms with E-state index in [-0.39, 0.29) is 0 Å². The van der Waals surface area contributed by atoms with E-state index in [1.807, 2.05) is 5.92 Å². The summed E-state index contributed by atoms with van der Waals surface area (Å²) in [7, 11) is 0. The Morgan fingerprint density at radius 3 is 2.00 bits per heavy atom. The van der Waals surface area contributed by atoms with Gasteiger partial charge in [-0.15, -0.1) is 6.42 Å². The molecule has 2 heteroatoms. The van der Waals surface area contributed by atoms with E-state index in [9.17, 15) is 0 Å². The van der Waals surface area contributed by atoms with Gasteiger partial charge in [-0.3, -0.25) is 0 Å². The SMILES string of the molecule is C#CC#CC#CC#CC(O)O. The van der Waals surface area contributed by atoms with Crippen LogP contribution < -0.4 is 0 Å². The largest absolute Gasteiger partial charge is 0.358 e. The van der Waals surface area contributed by atoms with Gasteiger partial charge in [-0.1, -0.05) is 0 Å². The fourth-order valence-electron chi connectivity index (χ4n) is 0.230. The molecule has 0 spiro atoms. The average Bonchev–Trinajstić information content (AvgIpc) is 1.96. The highest BCUT2D eigenvalue weighted by Crippen LogP contribution is 1.64. The Kier molecular flexibility index (Phi) is 5.23. The fourth-order valence-corrected chi connectivity index (χ4v) is 0.230. The molecule has 0 rings (SSSR count). The van der Waals surface area contributed by atoms with Crippen LogP contribution in [0.1, 0.15) is 0 Å². The highest BCUT2D eigenvalue weighted by atomic mass is 16.5. The molecular formula is C9H4O2. The van der Waals surface area contributed by atoms with Gasteiger partial charge in [0.2, 0.25) is 6.29 Å². The highest BCUT2D eigenvalue weighted by molar-refractivity contribution is 5.39. The minimum absolute atomic E-state index is 1.65. The van der Waals surface area contributed by atoms with E-state index in [1.165, 1.54) is 0 Å². The third-order valence-electron chi connectivity index (χ3n) is 0.523. The summed E-state index contributed by atoms with van der Waals surface area (Å²) in [5, 5.41) is 16.4.